The topological polar surface area (TPSA) is 52.5 Å². The quantitative estimate of drug-likeness (QED) is 0.195. The van der Waals surface area contributed by atoms with E-state index in [1.807, 2.05) is 54.8 Å². The lowest BCUT2D eigenvalue weighted by molar-refractivity contribution is 0.0729. The Morgan fingerprint density at radius 1 is 0.875 bits per heavy atom. The van der Waals surface area contributed by atoms with E-state index >= 15 is 4.39 Å². The van der Waals surface area contributed by atoms with Gasteiger partial charge in [0.1, 0.15) is 11.6 Å². The minimum Gasteiger partial charge on any atom is -0.420 e. The van der Waals surface area contributed by atoms with Crippen LogP contribution < -0.4 is 10.1 Å². The van der Waals surface area contributed by atoms with Gasteiger partial charge in [-0.15, -0.1) is 0 Å². The molecule has 204 valence electrons. The number of hydrogen-bond acceptors (Lipinski definition) is 4. The maximum Gasteiger partial charge on any atom is 0.343 e. The zero-order valence-electron chi connectivity index (χ0n) is 22.6. The highest BCUT2D eigenvalue weighted by Crippen LogP contribution is 2.46. The van der Waals surface area contributed by atoms with Gasteiger partial charge in [-0.1, -0.05) is 62.4 Å². The standard InChI is InChI=1S/C33H30F2N2O3/c1-33(2,21-39-3)31-30(40-32(38)23-12-8-5-9-13-23)29-27(36-20-22-10-6-4-7-11-22)18-25(35)19-28(29)37(31)26-16-14-24(34)15-17-26/h4-19,36H,20-21H2,1-3H3. The number of aromatic nitrogens is 1. The second kappa shape index (κ2) is 11.3. The van der Waals surface area contributed by atoms with Crippen molar-refractivity contribution in [2.24, 2.45) is 0 Å². The summed E-state index contributed by atoms with van der Waals surface area (Å²) in [7, 11) is 1.59. The Kier molecular flexibility index (Phi) is 7.67. The number of ether oxygens (including phenoxy) is 2. The number of benzene rings is 4. The molecule has 4 aromatic carbocycles. The number of methoxy groups -OCH3 is 1. The lowest BCUT2D eigenvalue weighted by Gasteiger charge is -2.27. The van der Waals surface area contributed by atoms with Gasteiger partial charge in [-0.3, -0.25) is 0 Å². The molecule has 0 fully saturated rings. The van der Waals surface area contributed by atoms with Crippen molar-refractivity contribution in [1.29, 1.82) is 0 Å². The molecule has 0 radical (unpaired) electrons. The van der Waals surface area contributed by atoms with Crippen LogP contribution in [-0.2, 0) is 16.7 Å². The number of halogens is 2. The third-order valence-electron chi connectivity index (χ3n) is 6.75. The summed E-state index contributed by atoms with van der Waals surface area (Å²) in [6.07, 6.45) is 0. The van der Waals surface area contributed by atoms with Gasteiger partial charge in [-0.2, -0.15) is 0 Å². The summed E-state index contributed by atoms with van der Waals surface area (Å²) >= 11 is 0. The number of rotatable bonds is 9. The third kappa shape index (κ3) is 5.46. The van der Waals surface area contributed by atoms with Crippen LogP contribution in [0.25, 0.3) is 16.6 Å². The van der Waals surface area contributed by atoms with Gasteiger partial charge in [0, 0.05) is 24.8 Å². The maximum atomic E-state index is 15.3. The van der Waals surface area contributed by atoms with Gasteiger partial charge < -0.3 is 19.4 Å². The van der Waals surface area contributed by atoms with Crippen molar-refractivity contribution in [3.05, 3.63) is 126 Å². The molecule has 0 spiro atoms. The van der Waals surface area contributed by atoms with Crippen molar-refractivity contribution in [3.8, 4) is 11.4 Å². The molecule has 0 aliphatic carbocycles. The third-order valence-corrected chi connectivity index (χ3v) is 6.75. The van der Waals surface area contributed by atoms with Crippen LogP contribution in [-0.4, -0.2) is 24.3 Å². The maximum absolute atomic E-state index is 15.3. The number of esters is 1. The lowest BCUT2D eigenvalue weighted by Crippen LogP contribution is -2.28. The molecular weight excluding hydrogens is 510 g/mol. The smallest absolute Gasteiger partial charge is 0.343 e. The van der Waals surface area contributed by atoms with E-state index in [1.54, 1.807) is 43.5 Å². The first-order chi connectivity index (χ1) is 19.3. The Hall–Kier alpha value is -4.49. The van der Waals surface area contributed by atoms with E-state index in [9.17, 15) is 9.18 Å². The lowest BCUT2D eigenvalue weighted by atomic mass is 9.89. The molecule has 0 saturated carbocycles. The number of nitrogens with zero attached hydrogens (tertiary/aromatic N) is 1. The van der Waals surface area contributed by atoms with E-state index in [1.165, 1.54) is 24.3 Å². The van der Waals surface area contributed by atoms with Crippen molar-refractivity contribution >= 4 is 22.6 Å². The molecule has 1 heterocycles. The van der Waals surface area contributed by atoms with E-state index in [-0.39, 0.29) is 12.4 Å². The molecule has 0 aliphatic heterocycles. The van der Waals surface area contributed by atoms with Crippen LogP contribution in [0.2, 0.25) is 0 Å². The summed E-state index contributed by atoms with van der Waals surface area (Å²) < 4.78 is 42.8. The molecule has 0 saturated heterocycles. The molecule has 0 amide bonds. The molecular formula is C33H30F2N2O3. The van der Waals surface area contributed by atoms with Crippen molar-refractivity contribution in [3.63, 3.8) is 0 Å². The van der Waals surface area contributed by atoms with Crippen LogP contribution in [0.3, 0.4) is 0 Å². The van der Waals surface area contributed by atoms with Gasteiger partial charge in [0.05, 0.1) is 34.5 Å². The Morgan fingerprint density at radius 2 is 1.52 bits per heavy atom. The van der Waals surface area contributed by atoms with Crippen LogP contribution in [0.1, 0.15) is 35.5 Å². The fraction of sp³-hybridized carbons (Fsp3) is 0.182. The average molecular weight is 541 g/mol. The van der Waals surface area contributed by atoms with Gasteiger partial charge >= 0.3 is 5.97 Å². The monoisotopic (exact) mass is 540 g/mol. The van der Waals surface area contributed by atoms with Crippen molar-refractivity contribution in [2.75, 3.05) is 19.0 Å². The fourth-order valence-electron chi connectivity index (χ4n) is 5.00. The largest absolute Gasteiger partial charge is 0.420 e. The molecule has 0 atom stereocenters. The summed E-state index contributed by atoms with van der Waals surface area (Å²) in [4.78, 5) is 13.4. The van der Waals surface area contributed by atoms with Crippen LogP contribution in [0.15, 0.2) is 97.1 Å². The number of carbonyl (C=O) groups is 1. The molecule has 40 heavy (non-hydrogen) atoms. The normalized spacial score (nSPS) is 11.5. The van der Waals surface area contributed by atoms with Gasteiger partial charge in [0.15, 0.2) is 5.75 Å². The summed E-state index contributed by atoms with van der Waals surface area (Å²) in [5.74, 6) is -1.14. The van der Waals surface area contributed by atoms with Gasteiger partial charge in [0.2, 0.25) is 0 Å². The zero-order chi connectivity index (χ0) is 28.3. The summed E-state index contributed by atoms with van der Waals surface area (Å²) in [5, 5.41) is 3.88. The van der Waals surface area contributed by atoms with E-state index in [0.29, 0.717) is 40.1 Å². The summed E-state index contributed by atoms with van der Waals surface area (Å²) in [6, 6.07) is 27.1. The van der Waals surface area contributed by atoms with E-state index in [4.69, 9.17) is 9.47 Å². The molecule has 7 heteroatoms. The second-order valence-electron chi connectivity index (χ2n) is 10.2. The molecule has 0 aliphatic rings. The minimum atomic E-state index is -0.707. The summed E-state index contributed by atoms with van der Waals surface area (Å²) in [6.45, 7) is 4.61. The highest BCUT2D eigenvalue weighted by atomic mass is 19.1. The van der Waals surface area contributed by atoms with Crippen LogP contribution in [0.4, 0.5) is 14.5 Å². The molecule has 0 bridgehead atoms. The van der Waals surface area contributed by atoms with Crippen molar-refractivity contribution in [2.45, 2.75) is 25.8 Å². The fourth-order valence-corrected chi connectivity index (χ4v) is 5.00. The minimum absolute atomic E-state index is 0.273. The highest BCUT2D eigenvalue weighted by molar-refractivity contribution is 6.03. The second-order valence-corrected chi connectivity index (χ2v) is 10.2. The SMILES string of the molecule is COCC(C)(C)c1c(OC(=O)c2ccccc2)c2c(NCc3ccccc3)cc(F)cc2n1-c1ccc(F)cc1. The Morgan fingerprint density at radius 3 is 2.17 bits per heavy atom. The van der Waals surface area contributed by atoms with Crippen LogP contribution >= 0.6 is 0 Å². The van der Waals surface area contributed by atoms with Crippen molar-refractivity contribution < 1.29 is 23.0 Å². The number of fused-ring (bicyclic) bond motifs is 1. The molecule has 5 rings (SSSR count). The average Bonchev–Trinajstić information content (AvgIpc) is 3.27. The molecule has 0 unspecified atom stereocenters. The Labute approximate surface area is 232 Å². The first-order valence-corrected chi connectivity index (χ1v) is 13.0. The first kappa shape index (κ1) is 27.1. The number of carbonyl (C=O) groups excluding carboxylic acids is 1. The molecule has 5 aromatic rings. The highest BCUT2D eigenvalue weighted by Gasteiger charge is 2.35. The summed E-state index contributed by atoms with van der Waals surface area (Å²) in [5.41, 5.74) is 2.78. The van der Waals surface area contributed by atoms with E-state index in [2.05, 4.69) is 5.32 Å². The first-order valence-electron chi connectivity index (χ1n) is 13.0. The van der Waals surface area contributed by atoms with Crippen LogP contribution in [0, 0.1) is 11.6 Å². The Bertz CT molecular complexity index is 1630. The predicted molar refractivity (Wildman–Crippen MR) is 153 cm³/mol. The molecule has 1 N–H and O–H groups in total. The van der Waals surface area contributed by atoms with Gasteiger partial charge in [0.25, 0.3) is 0 Å². The Balaban J connectivity index is 1.80. The number of hydrogen-bond donors (Lipinski definition) is 1. The molecule has 5 nitrogen and oxygen atoms in total. The van der Waals surface area contributed by atoms with E-state index in [0.717, 1.165) is 5.56 Å². The van der Waals surface area contributed by atoms with Crippen molar-refractivity contribution in [1.82, 2.24) is 4.57 Å². The molecule has 1 aromatic heterocycles. The van der Waals surface area contributed by atoms with Gasteiger partial charge in [-0.05, 0) is 54.1 Å². The van der Waals surface area contributed by atoms with E-state index < -0.39 is 23.0 Å². The number of anilines is 1. The van der Waals surface area contributed by atoms with Crippen LogP contribution in [0.5, 0.6) is 5.75 Å². The number of nitrogens with one attached hydrogen (secondary N) is 1. The zero-order valence-corrected chi connectivity index (χ0v) is 22.6. The predicted octanol–water partition coefficient (Wildman–Crippen LogP) is 7.66. The van der Waals surface area contributed by atoms with Gasteiger partial charge in [-0.25, -0.2) is 13.6 Å².